The van der Waals surface area contributed by atoms with Gasteiger partial charge < -0.3 is 31.7 Å². The Morgan fingerprint density at radius 1 is 1.03 bits per heavy atom. The molecule has 0 aliphatic carbocycles. The summed E-state index contributed by atoms with van der Waals surface area (Å²) in [4.78, 5) is 48.0. The zero-order valence-electron chi connectivity index (χ0n) is 18.5. The second kappa shape index (κ2) is 13.2. The van der Waals surface area contributed by atoms with Crippen LogP contribution in [0.15, 0.2) is 24.3 Å². The molecule has 2 unspecified atom stereocenters. The van der Waals surface area contributed by atoms with Gasteiger partial charge in [0.15, 0.2) is 0 Å². The minimum absolute atomic E-state index is 0.0322. The van der Waals surface area contributed by atoms with Crippen LogP contribution >= 0.6 is 0 Å². The molecule has 0 aliphatic heterocycles. The Kier molecular flexibility index (Phi) is 11.0. The van der Waals surface area contributed by atoms with Gasteiger partial charge in [0.1, 0.15) is 18.7 Å². The van der Waals surface area contributed by atoms with Crippen LogP contribution in [0, 0.1) is 5.92 Å². The molecule has 0 saturated heterocycles. The van der Waals surface area contributed by atoms with Crippen LogP contribution in [0.4, 0.5) is 10.5 Å². The molecule has 0 bridgehead atoms. The number of amides is 4. The summed E-state index contributed by atoms with van der Waals surface area (Å²) in [6.07, 6.45) is -0.235. The monoisotopic (exact) mass is 435 g/mol. The second-order valence-corrected chi connectivity index (χ2v) is 7.39. The number of benzene rings is 1. The molecule has 0 spiro atoms. The van der Waals surface area contributed by atoms with E-state index >= 15 is 0 Å². The topological polar surface area (TPSA) is 152 Å². The van der Waals surface area contributed by atoms with E-state index < -0.39 is 24.1 Å². The van der Waals surface area contributed by atoms with Gasteiger partial charge >= 0.3 is 6.09 Å². The summed E-state index contributed by atoms with van der Waals surface area (Å²) in [6, 6.07) is 5.17. The molecular formula is C21H33N5O5. The molecule has 1 rings (SSSR count). The molecule has 0 radical (unpaired) electrons. The van der Waals surface area contributed by atoms with E-state index in [0.29, 0.717) is 24.2 Å². The van der Waals surface area contributed by atoms with Crippen molar-refractivity contribution in [2.45, 2.75) is 52.3 Å². The smallest absolute Gasteiger partial charge is 0.404 e. The summed E-state index contributed by atoms with van der Waals surface area (Å²) in [6.45, 7) is 5.90. The van der Waals surface area contributed by atoms with Crippen LogP contribution in [0.5, 0.6) is 0 Å². The summed E-state index contributed by atoms with van der Waals surface area (Å²) < 4.78 is 4.72. The lowest BCUT2D eigenvalue weighted by atomic mass is 10.0. The molecule has 6 N–H and O–H groups in total. The van der Waals surface area contributed by atoms with Gasteiger partial charge in [0.2, 0.25) is 17.7 Å². The predicted octanol–water partition coefficient (Wildman–Crippen LogP) is 0.866. The number of hydrogen-bond acceptors (Lipinski definition) is 6. The van der Waals surface area contributed by atoms with Crippen LogP contribution < -0.4 is 27.0 Å². The number of primary amides is 1. The van der Waals surface area contributed by atoms with Crippen molar-refractivity contribution in [1.82, 2.24) is 16.0 Å². The molecule has 1 aromatic carbocycles. The lowest BCUT2D eigenvalue weighted by Crippen LogP contribution is -2.54. The highest BCUT2D eigenvalue weighted by Crippen LogP contribution is 2.12. The van der Waals surface area contributed by atoms with Crippen molar-refractivity contribution in [1.29, 1.82) is 0 Å². The van der Waals surface area contributed by atoms with Gasteiger partial charge in [-0.15, -0.1) is 0 Å². The van der Waals surface area contributed by atoms with Crippen LogP contribution in [0.3, 0.4) is 0 Å². The summed E-state index contributed by atoms with van der Waals surface area (Å²) in [7, 11) is 1.75. The van der Waals surface area contributed by atoms with Crippen molar-refractivity contribution in [3.63, 3.8) is 0 Å². The van der Waals surface area contributed by atoms with E-state index in [1.165, 1.54) is 0 Å². The number of carbonyl (C=O) groups excluding carboxylic acids is 4. The van der Waals surface area contributed by atoms with E-state index in [9.17, 15) is 19.2 Å². The third-order valence-corrected chi connectivity index (χ3v) is 4.51. The molecule has 0 aromatic heterocycles. The van der Waals surface area contributed by atoms with Crippen molar-refractivity contribution in [2.24, 2.45) is 11.7 Å². The van der Waals surface area contributed by atoms with E-state index in [0.717, 1.165) is 0 Å². The molecular weight excluding hydrogens is 402 g/mol. The Balaban J connectivity index is 2.82. The van der Waals surface area contributed by atoms with Crippen molar-refractivity contribution in [2.75, 3.05) is 18.9 Å². The molecule has 0 aliphatic rings. The van der Waals surface area contributed by atoms with Crippen LogP contribution in [-0.2, 0) is 25.7 Å². The van der Waals surface area contributed by atoms with Gasteiger partial charge in [-0.05, 0) is 43.6 Å². The van der Waals surface area contributed by atoms with E-state index in [2.05, 4.69) is 21.3 Å². The Bertz CT molecular complexity index is 751. The van der Waals surface area contributed by atoms with Crippen molar-refractivity contribution < 1.29 is 23.9 Å². The van der Waals surface area contributed by atoms with Crippen LogP contribution in [0.2, 0.25) is 0 Å². The molecule has 10 heteroatoms. The number of nitrogens with one attached hydrogen (secondary N) is 4. The number of hydrogen-bond donors (Lipinski definition) is 5. The summed E-state index contributed by atoms with van der Waals surface area (Å²) in [5.41, 5.74) is 6.18. The zero-order chi connectivity index (χ0) is 23.4. The fourth-order valence-corrected chi connectivity index (χ4v) is 2.70. The Labute approximate surface area is 182 Å². The Hall–Kier alpha value is -3.14. The first-order valence-electron chi connectivity index (χ1n) is 10.2. The minimum Gasteiger partial charge on any atom is -0.445 e. The molecule has 172 valence electrons. The van der Waals surface area contributed by atoms with Gasteiger partial charge in [0, 0.05) is 12.1 Å². The van der Waals surface area contributed by atoms with Gasteiger partial charge in [-0.25, -0.2) is 4.79 Å². The molecule has 0 saturated carbocycles. The van der Waals surface area contributed by atoms with E-state index in [1.807, 2.05) is 13.8 Å². The summed E-state index contributed by atoms with van der Waals surface area (Å²) >= 11 is 0. The molecule has 1 aromatic rings. The standard InChI is InChI=1S/C21H33N5O5/c1-5-17(27)26-18(13(2)3)20(29)25-16(10-11-23-4)19(28)24-15-8-6-14(7-9-15)12-31-21(22)30/h6-9,13,16,18,23H,5,10-12H2,1-4H3,(H2,22,30)(H,24,28)(H,25,29)(H,26,27). The molecule has 10 nitrogen and oxygen atoms in total. The molecule has 0 fully saturated rings. The average Bonchev–Trinajstić information content (AvgIpc) is 2.73. The Morgan fingerprint density at radius 2 is 1.68 bits per heavy atom. The van der Waals surface area contributed by atoms with Gasteiger partial charge in [0.25, 0.3) is 0 Å². The summed E-state index contributed by atoms with van der Waals surface area (Å²) in [5, 5.41) is 11.2. The van der Waals surface area contributed by atoms with Crippen LogP contribution in [-0.4, -0.2) is 49.5 Å². The number of nitrogens with two attached hydrogens (primary N) is 1. The van der Waals surface area contributed by atoms with Crippen molar-refractivity contribution in [3.05, 3.63) is 29.8 Å². The van der Waals surface area contributed by atoms with E-state index in [4.69, 9.17) is 10.5 Å². The second-order valence-electron chi connectivity index (χ2n) is 7.39. The first-order chi connectivity index (χ1) is 14.7. The van der Waals surface area contributed by atoms with E-state index in [1.54, 1.807) is 38.2 Å². The fourth-order valence-electron chi connectivity index (χ4n) is 2.70. The zero-order valence-corrected chi connectivity index (χ0v) is 18.5. The van der Waals surface area contributed by atoms with Gasteiger partial charge in [-0.2, -0.15) is 0 Å². The quantitative estimate of drug-likeness (QED) is 0.328. The molecule has 2 atom stereocenters. The van der Waals surface area contributed by atoms with Gasteiger partial charge in [-0.3, -0.25) is 14.4 Å². The molecule has 0 heterocycles. The highest BCUT2D eigenvalue weighted by Gasteiger charge is 2.28. The largest absolute Gasteiger partial charge is 0.445 e. The van der Waals surface area contributed by atoms with E-state index in [-0.39, 0.29) is 30.8 Å². The maximum atomic E-state index is 12.8. The number of carbonyl (C=O) groups is 4. The maximum Gasteiger partial charge on any atom is 0.404 e. The lowest BCUT2D eigenvalue weighted by molar-refractivity contribution is -0.132. The number of anilines is 1. The summed E-state index contributed by atoms with van der Waals surface area (Å²) in [5.74, 6) is -1.16. The predicted molar refractivity (Wildman–Crippen MR) is 117 cm³/mol. The number of rotatable bonds is 12. The highest BCUT2D eigenvalue weighted by atomic mass is 16.5. The van der Waals surface area contributed by atoms with Crippen molar-refractivity contribution in [3.8, 4) is 0 Å². The minimum atomic E-state index is -0.865. The lowest BCUT2D eigenvalue weighted by Gasteiger charge is -2.25. The van der Waals surface area contributed by atoms with Crippen molar-refractivity contribution >= 4 is 29.5 Å². The van der Waals surface area contributed by atoms with Crippen LogP contribution in [0.25, 0.3) is 0 Å². The Morgan fingerprint density at radius 3 is 2.19 bits per heavy atom. The first kappa shape index (κ1) is 25.9. The van der Waals surface area contributed by atoms with Gasteiger partial charge in [-0.1, -0.05) is 32.9 Å². The normalized spacial score (nSPS) is 12.5. The first-order valence-corrected chi connectivity index (χ1v) is 10.2. The maximum absolute atomic E-state index is 12.8. The van der Waals surface area contributed by atoms with Gasteiger partial charge in [0.05, 0.1) is 0 Å². The molecule has 31 heavy (non-hydrogen) atoms. The number of ether oxygens (including phenoxy) is 1. The third kappa shape index (κ3) is 9.47. The highest BCUT2D eigenvalue weighted by molar-refractivity contribution is 5.98. The third-order valence-electron chi connectivity index (χ3n) is 4.51. The van der Waals surface area contributed by atoms with Crippen LogP contribution in [0.1, 0.15) is 39.2 Å². The fraction of sp³-hybridized carbons (Fsp3) is 0.524. The average molecular weight is 436 g/mol. The molecule has 4 amide bonds. The SMILES string of the molecule is CCC(=O)NC(C(=O)NC(CCNC)C(=O)Nc1ccc(COC(N)=O)cc1)C(C)C.